The van der Waals surface area contributed by atoms with Crippen LogP contribution in [-0.4, -0.2) is 21.2 Å². The Morgan fingerprint density at radius 3 is 2.89 bits per heavy atom. The minimum atomic E-state index is -0.218. The molecule has 0 radical (unpaired) electrons. The summed E-state index contributed by atoms with van der Waals surface area (Å²) in [4.78, 5) is 17.0. The zero-order valence-corrected chi connectivity index (χ0v) is 15.3. The Morgan fingerprint density at radius 1 is 1.26 bits per heavy atom. The second-order valence-electron chi connectivity index (χ2n) is 6.25. The average molecular weight is 379 g/mol. The van der Waals surface area contributed by atoms with Crippen LogP contribution in [0.3, 0.4) is 0 Å². The molecular formula is C21H18FN3OS. The molecule has 0 saturated carbocycles. The summed E-state index contributed by atoms with van der Waals surface area (Å²) in [6, 6.07) is 12.7. The number of halogens is 1. The molecule has 136 valence electrons. The highest BCUT2D eigenvalue weighted by atomic mass is 32.2. The van der Waals surface area contributed by atoms with Gasteiger partial charge in [-0.15, -0.1) is 11.8 Å². The van der Waals surface area contributed by atoms with Crippen LogP contribution in [0.15, 0.2) is 72.2 Å². The van der Waals surface area contributed by atoms with Gasteiger partial charge in [0.05, 0.1) is 12.4 Å². The summed E-state index contributed by atoms with van der Waals surface area (Å²) < 4.78 is 15.8. The number of amides is 1. The molecule has 6 heteroatoms. The maximum atomic E-state index is 13.9. The number of rotatable bonds is 4. The molecule has 3 aromatic rings. The molecule has 27 heavy (non-hydrogen) atoms. The number of nitrogens with one attached hydrogen (secondary N) is 1. The molecule has 1 N–H and O–H groups in total. The summed E-state index contributed by atoms with van der Waals surface area (Å²) in [5.41, 5.74) is 2.80. The first-order valence-corrected chi connectivity index (χ1v) is 9.67. The Morgan fingerprint density at radius 2 is 2.11 bits per heavy atom. The number of hydrogen-bond acceptors (Lipinski definition) is 3. The summed E-state index contributed by atoms with van der Waals surface area (Å²) in [5.74, 6) is 0.393. The zero-order valence-electron chi connectivity index (χ0n) is 14.5. The maximum absolute atomic E-state index is 13.9. The van der Waals surface area contributed by atoms with Crippen molar-refractivity contribution in [3.8, 4) is 5.69 Å². The third-order valence-corrected chi connectivity index (χ3v) is 5.62. The number of carbonyl (C=O) groups is 1. The van der Waals surface area contributed by atoms with Crippen molar-refractivity contribution >= 4 is 23.7 Å². The van der Waals surface area contributed by atoms with E-state index in [1.165, 1.54) is 23.9 Å². The van der Waals surface area contributed by atoms with Crippen molar-refractivity contribution in [1.82, 2.24) is 14.9 Å². The van der Waals surface area contributed by atoms with Gasteiger partial charge in [-0.3, -0.25) is 4.79 Å². The normalized spacial score (nSPS) is 16.3. The third-order valence-electron chi connectivity index (χ3n) is 4.47. The van der Waals surface area contributed by atoms with Crippen LogP contribution in [-0.2, 0) is 4.79 Å². The number of imidazole rings is 1. The van der Waals surface area contributed by atoms with Crippen molar-refractivity contribution in [3.05, 3.63) is 84.2 Å². The van der Waals surface area contributed by atoms with Crippen LogP contribution in [0.1, 0.15) is 23.6 Å². The van der Waals surface area contributed by atoms with Gasteiger partial charge in [-0.1, -0.05) is 24.3 Å². The van der Waals surface area contributed by atoms with Gasteiger partial charge in [0.2, 0.25) is 5.91 Å². The Hall–Kier alpha value is -2.86. The van der Waals surface area contributed by atoms with Crippen LogP contribution in [0.5, 0.6) is 0 Å². The van der Waals surface area contributed by atoms with E-state index >= 15 is 0 Å². The molecule has 0 saturated heterocycles. The van der Waals surface area contributed by atoms with Crippen LogP contribution < -0.4 is 5.32 Å². The fourth-order valence-corrected chi connectivity index (χ4v) is 4.24. The molecular weight excluding hydrogens is 361 g/mol. The van der Waals surface area contributed by atoms with Crippen molar-refractivity contribution in [3.63, 3.8) is 0 Å². The first kappa shape index (κ1) is 17.5. The fourth-order valence-electron chi connectivity index (χ4n) is 3.10. The van der Waals surface area contributed by atoms with E-state index in [-0.39, 0.29) is 17.8 Å². The maximum Gasteiger partial charge on any atom is 0.244 e. The number of hydrogen-bond donors (Lipinski definition) is 1. The van der Waals surface area contributed by atoms with Gasteiger partial charge in [0.25, 0.3) is 0 Å². The molecule has 2 heterocycles. The summed E-state index contributed by atoms with van der Waals surface area (Å²) in [7, 11) is 0. The number of nitrogens with zero attached hydrogens (tertiary/aromatic N) is 2. The van der Waals surface area contributed by atoms with E-state index in [2.05, 4.69) is 10.3 Å². The lowest BCUT2D eigenvalue weighted by Crippen LogP contribution is -2.29. The summed E-state index contributed by atoms with van der Waals surface area (Å²) >= 11 is 1.51. The largest absolute Gasteiger partial charge is 0.346 e. The summed E-state index contributed by atoms with van der Waals surface area (Å²) in [6.45, 7) is 0. The zero-order chi connectivity index (χ0) is 18.6. The number of carbonyl (C=O) groups excluding carboxylic acids is 1. The summed E-state index contributed by atoms with van der Waals surface area (Å²) in [6.07, 6.45) is 9.43. The van der Waals surface area contributed by atoms with E-state index < -0.39 is 0 Å². The molecule has 2 aromatic carbocycles. The van der Waals surface area contributed by atoms with Gasteiger partial charge in [-0.05, 0) is 41.8 Å². The predicted molar refractivity (Wildman–Crippen MR) is 105 cm³/mol. The van der Waals surface area contributed by atoms with Crippen LogP contribution >= 0.6 is 11.8 Å². The van der Waals surface area contributed by atoms with Gasteiger partial charge in [0, 0.05) is 34.8 Å². The Balaban J connectivity index is 1.42. The van der Waals surface area contributed by atoms with Crippen molar-refractivity contribution in [2.75, 3.05) is 5.75 Å². The molecule has 1 atom stereocenters. The lowest BCUT2D eigenvalue weighted by molar-refractivity contribution is -0.117. The van der Waals surface area contributed by atoms with Crippen LogP contribution in [0.4, 0.5) is 4.39 Å². The highest BCUT2D eigenvalue weighted by Gasteiger charge is 2.23. The Labute approximate surface area is 161 Å². The number of aromatic nitrogens is 2. The minimum Gasteiger partial charge on any atom is -0.346 e. The van der Waals surface area contributed by atoms with E-state index in [0.717, 1.165) is 29.0 Å². The molecule has 4 nitrogen and oxygen atoms in total. The van der Waals surface area contributed by atoms with Gasteiger partial charge in [0.15, 0.2) is 0 Å². The second kappa shape index (κ2) is 7.80. The number of fused-ring (bicyclic) bond motifs is 1. The van der Waals surface area contributed by atoms with Gasteiger partial charge >= 0.3 is 0 Å². The van der Waals surface area contributed by atoms with Crippen molar-refractivity contribution < 1.29 is 9.18 Å². The lowest BCUT2D eigenvalue weighted by atomic mass is 10.0. The van der Waals surface area contributed by atoms with Crippen LogP contribution in [0.25, 0.3) is 11.8 Å². The third kappa shape index (κ3) is 3.95. The minimum absolute atomic E-state index is 0.155. The molecule has 4 rings (SSSR count). The van der Waals surface area contributed by atoms with E-state index in [0.29, 0.717) is 4.90 Å². The standard InChI is InChI=1S/C21H18FN3OS/c22-18-3-1-2-17-19(10-13-27-21(17)18)24-20(26)9-6-15-4-7-16(8-5-15)25-12-11-23-14-25/h1-9,11-12,14,19H,10,13H2,(H,24,26)/b9-6+. The van der Waals surface area contributed by atoms with E-state index in [1.807, 2.05) is 41.1 Å². The number of thioether (sulfide) groups is 1. The van der Waals surface area contributed by atoms with Crippen LogP contribution in [0, 0.1) is 5.82 Å². The SMILES string of the molecule is O=C(/C=C/c1ccc(-n2ccnc2)cc1)NC1CCSc2c(F)cccc21. The molecule has 0 fully saturated rings. The van der Waals surface area contributed by atoms with Crippen molar-refractivity contribution in [2.24, 2.45) is 0 Å². The molecule has 1 aliphatic heterocycles. The lowest BCUT2D eigenvalue weighted by Gasteiger charge is -2.25. The molecule has 1 aromatic heterocycles. The molecule has 1 aliphatic rings. The summed E-state index contributed by atoms with van der Waals surface area (Å²) in [5, 5.41) is 2.99. The molecule has 0 spiro atoms. The highest BCUT2D eigenvalue weighted by molar-refractivity contribution is 7.99. The van der Waals surface area contributed by atoms with Crippen molar-refractivity contribution in [1.29, 1.82) is 0 Å². The van der Waals surface area contributed by atoms with Gasteiger partial charge in [-0.25, -0.2) is 9.37 Å². The smallest absolute Gasteiger partial charge is 0.244 e. The molecule has 0 bridgehead atoms. The van der Waals surface area contributed by atoms with E-state index in [1.54, 1.807) is 24.7 Å². The topological polar surface area (TPSA) is 46.9 Å². The number of benzene rings is 2. The van der Waals surface area contributed by atoms with Gasteiger partial charge in [-0.2, -0.15) is 0 Å². The first-order valence-electron chi connectivity index (χ1n) is 8.69. The quantitative estimate of drug-likeness (QED) is 0.685. The Kier molecular flexibility index (Phi) is 5.07. The molecule has 0 aliphatic carbocycles. The monoisotopic (exact) mass is 379 g/mol. The molecule has 1 unspecified atom stereocenters. The van der Waals surface area contributed by atoms with Crippen molar-refractivity contribution in [2.45, 2.75) is 17.4 Å². The second-order valence-corrected chi connectivity index (χ2v) is 7.36. The van der Waals surface area contributed by atoms with Gasteiger partial charge < -0.3 is 9.88 Å². The molecule has 1 amide bonds. The van der Waals surface area contributed by atoms with Crippen LogP contribution in [0.2, 0.25) is 0 Å². The predicted octanol–water partition coefficient (Wildman–Crippen LogP) is 4.38. The average Bonchev–Trinajstić information content (AvgIpc) is 3.22. The first-order chi connectivity index (χ1) is 13.2. The fraction of sp³-hybridized carbons (Fsp3) is 0.143. The Bertz CT molecular complexity index is 968. The van der Waals surface area contributed by atoms with Gasteiger partial charge in [0.1, 0.15) is 5.82 Å². The van der Waals surface area contributed by atoms with E-state index in [9.17, 15) is 9.18 Å². The van der Waals surface area contributed by atoms with E-state index in [4.69, 9.17) is 0 Å². The highest BCUT2D eigenvalue weighted by Crippen LogP contribution is 2.37.